The van der Waals surface area contributed by atoms with Crippen molar-refractivity contribution in [2.45, 2.75) is 44.6 Å². The van der Waals surface area contributed by atoms with Crippen LogP contribution < -0.4 is 10.9 Å². The molecule has 3 heterocycles. The number of nitrogens with zero attached hydrogens (tertiary/aromatic N) is 3. The molecule has 4 aromatic rings. The molecule has 1 aromatic carbocycles. The highest BCUT2D eigenvalue weighted by atomic mass is 35.5. The van der Waals surface area contributed by atoms with E-state index in [1.165, 1.54) is 0 Å². The van der Waals surface area contributed by atoms with Gasteiger partial charge in [-0.1, -0.05) is 29.8 Å². The van der Waals surface area contributed by atoms with Crippen molar-refractivity contribution in [2.75, 3.05) is 0 Å². The van der Waals surface area contributed by atoms with Crippen LogP contribution in [-0.2, 0) is 0 Å². The average molecular weight is 448 g/mol. The topological polar surface area (TPSA) is 92.1 Å². The lowest BCUT2D eigenvalue weighted by molar-refractivity contribution is -0.0197. The lowest BCUT2D eigenvalue weighted by Gasteiger charge is -2.57. The first-order valence-corrected chi connectivity index (χ1v) is 11.2. The second-order valence-electron chi connectivity index (χ2n) is 9.32. The Morgan fingerprint density at radius 3 is 2.72 bits per heavy atom. The van der Waals surface area contributed by atoms with Crippen LogP contribution in [0.15, 0.2) is 47.5 Å². The van der Waals surface area contributed by atoms with Crippen LogP contribution in [0.5, 0.6) is 0 Å². The molecule has 0 aliphatic heterocycles. The van der Waals surface area contributed by atoms with Crippen molar-refractivity contribution in [1.29, 1.82) is 0 Å². The predicted octanol–water partition coefficient (Wildman–Crippen LogP) is 3.99. The van der Waals surface area contributed by atoms with E-state index in [0.717, 1.165) is 42.3 Å². The van der Waals surface area contributed by atoms with Gasteiger partial charge in [0.25, 0.3) is 11.5 Å². The molecular weight excluding hydrogens is 426 g/mol. The van der Waals surface area contributed by atoms with Crippen LogP contribution in [-0.4, -0.2) is 31.5 Å². The largest absolute Gasteiger partial charge is 0.348 e. The minimum atomic E-state index is -0.145. The Kier molecular flexibility index (Phi) is 4.21. The van der Waals surface area contributed by atoms with Gasteiger partial charge in [0, 0.05) is 23.5 Å². The number of amides is 1. The molecule has 0 bridgehead atoms. The number of aryl methyl sites for hydroxylation is 1. The number of aromatic amines is 1. The Morgan fingerprint density at radius 1 is 1.19 bits per heavy atom. The Hall–Kier alpha value is -3.19. The number of fused-ring (bicyclic) bond motifs is 2. The first kappa shape index (κ1) is 19.5. The van der Waals surface area contributed by atoms with Crippen molar-refractivity contribution < 1.29 is 4.79 Å². The van der Waals surface area contributed by atoms with Crippen LogP contribution in [0.2, 0.25) is 5.02 Å². The van der Waals surface area contributed by atoms with Crippen molar-refractivity contribution in [2.24, 2.45) is 5.41 Å². The molecule has 6 rings (SSSR count). The Labute approximate surface area is 188 Å². The highest BCUT2D eigenvalue weighted by molar-refractivity contribution is 6.34. The average Bonchev–Trinajstić information content (AvgIpc) is 3.17. The molecule has 0 saturated heterocycles. The minimum absolute atomic E-state index is 0.124. The molecule has 1 amide bonds. The molecule has 2 saturated carbocycles. The van der Waals surface area contributed by atoms with Crippen LogP contribution in [0.1, 0.15) is 53.3 Å². The maximum absolute atomic E-state index is 12.8. The fourth-order valence-electron chi connectivity index (χ4n) is 5.58. The van der Waals surface area contributed by atoms with Crippen LogP contribution in [0.3, 0.4) is 0 Å². The summed E-state index contributed by atoms with van der Waals surface area (Å²) in [4.78, 5) is 29.2. The van der Waals surface area contributed by atoms with Gasteiger partial charge in [-0.15, -0.1) is 0 Å². The number of halogens is 1. The third-order valence-corrected chi connectivity index (χ3v) is 7.68. The van der Waals surface area contributed by atoms with Crippen molar-refractivity contribution >= 4 is 33.9 Å². The van der Waals surface area contributed by atoms with E-state index in [2.05, 4.69) is 20.5 Å². The molecule has 162 valence electrons. The highest BCUT2D eigenvalue weighted by Gasteiger charge is 2.54. The smallest absolute Gasteiger partial charge is 0.272 e. The zero-order chi connectivity index (χ0) is 22.0. The number of aromatic nitrogens is 4. The van der Waals surface area contributed by atoms with Gasteiger partial charge in [0.05, 0.1) is 22.3 Å². The summed E-state index contributed by atoms with van der Waals surface area (Å²) in [6.45, 7) is 1.92. The number of hydrogen-bond acceptors (Lipinski definition) is 4. The van der Waals surface area contributed by atoms with E-state index in [1.807, 2.05) is 43.5 Å². The first-order valence-electron chi connectivity index (χ1n) is 10.8. The second kappa shape index (κ2) is 6.90. The molecular formula is C24H22ClN5O2. The van der Waals surface area contributed by atoms with Gasteiger partial charge >= 0.3 is 0 Å². The van der Waals surface area contributed by atoms with Crippen LogP contribution in [0.25, 0.3) is 16.4 Å². The van der Waals surface area contributed by atoms with E-state index < -0.39 is 0 Å². The van der Waals surface area contributed by atoms with E-state index in [-0.39, 0.29) is 22.9 Å². The maximum atomic E-state index is 12.8. The number of benzene rings is 1. The van der Waals surface area contributed by atoms with Gasteiger partial charge in [-0.05, 0) is 55.7 Å². The van der Waals surface area contributed by atoms with Crippen molar-refractivity contribution in [1.82, 2.24) is 24.9 Å². The fraction of sp³-hybridized carbons (Fsp3) is 0.333. The number of pyridine rings is 1. The molecule has 7 nitrogen and oxygen atoms in total. The summed E-state index contributed by atoms with van der Waals surface area (Å²) < 4.78 is 1.74. The van der Waals surface area contributed by atoms with Gasteiger partial charge in [-0.3, -0.25) is 14.0 Å². The molecule has 1 spiro atoms. The normalized spacial score (nSPS) is 24.4. The van der Waals surface area contributed by atoms with E-state index in [1.54, 1.807) is 10.6 Å². The van der Waals surface area contributed by atoms with Crippen LogP contribution >= 0.6 is 11.6 Å². The number of H-pyrrole nitrogens is 1. The third-order valence-electron chi connectivity index (χ3n) is 7.21. The van der Waals surface area contributed by atoms with Gasteiger partial charge in [0.2, 0.25) is 0 Å². The number of imidazole rings is 1. The van der Waals surface area contributed by atoms with E-state index in [0.29, 0.717) is 27.7 Å². The van der Waals surface area contributed by atoms with Gasteiger partial charge in [-0.2, -0.15) is 5.10 Å². The molecule has 3 aromatic heterocycles. The zero-order valence-corrected chi connectivity index (χ0v) is 18.3. The number of hydrogen-bond donors (Lipinski definition) is 2. The van der Waals surface area contributed by atoms with Crippen LogP contribution in [0, 0.1) is 12.3 Å². The molecule has 32 heavy (non-hydrogen) atoms. The lowest BCUT2D eigenvalue weighted by Crippen LogP contribution is -2.55. The zero-order valence-electron chi connectivity index (χ0n) is 17.6. The third kappa shape index (κ3) is 2.88. The summed E-state index contributed by atoms with van der Waals surface area (Å²) in [7, 11) is 0. The lowest BCUT2D eigenvalue weighted by atomic mass is 9.49. The van der Waals surface area contributed by atoms with Crippen LogP contribution in [0.4, 0.5) is 0 Å². The van der Waals surface area contributed by atoms with Gasteiger partial charge in [0.1, 0.15) is 5.69 Å². The molecule has 8 heteroatoms. The monoisotopic (exact) mass is 447 g/mol. The predicted molar refractivity (Wildman–Crippen MR) is 122 cm³/mol. The Morgan fingerprint density at radius 2 is 1.94 bits per heavy atom. The number of carbonyl (C=O) groups excluding carboxylic acids is 1. The van der Waals surface area contributed by atoms with Gasteiger partial charge in [0.15, 0.2) is 5.65 Å². The molecule has 2 aliphatic rings. The van der Waals surface area contributed by atoms with Gasteiger partial charge in [-0.25, -0.2) is 10.1 Å². The Balaban J connectivity index is 1.12. The Bertz CT molecular complexity index is 1440. The quantitative estimate of drug-likeness (QED) is 0.496. The van der Waals surface area contributed by atoms with Crippen molar-refractivity contribution in [3.05, 3.63) is 75.1 Å². The number of rotatable bonds is 3. The van der Waals surface area contributed by atoms with E-state index in [9.17, 15) is 9.59 Å². The molecule has 0 radical (unpaired) electrons. The molecule has 2 N–H and O–H groups in total. The number of nitrogens with one attached hydrogen (secondary N) is 2. The minimum Gasteiger partial charge on any atom is -0.348 e. The first-order chi connectivity index (χ1) is 15.4. The van der Waals surface area contributed by atoms with Gasteiger partial charge < -0.3 is 5.32 Å². The molecule has 2 fully saturated rings. The summed E-state index contributed by atoms with van der Waals surface area (Å²) in [5.74, 6) is 0.221. The summed E-state index contributed by atoms with van der Waals surface area (Å²) >= 11 is 6.32. The second-order valence-corrected chi connectivity index (χ2v) is 9.70. The molecule has 0 unspecified atom stereocenters. The number of carbonyl (C=O) groups is 1. The summed E-state index contributed by atoms with van der Waals surface area (Å²) in [5, 5.41) is 12.4. The SMILES string of the molecule is Cc1ccn2c(C(=O)N[C@H]3CC4(C3)C[C@H](c3n[nH]c(=O)c5ccccc53)C4)cnc2c1Cl. The summed E-state index contributed by atoms with van der Waals surface area (Å²) in [6, 6.07) is 9.69. The summed E-state index contributed by atoms with van der Waals surface area (Å²) in [6.07, 6.45) is 7.41. The van der Waals surface area contributed by atoms with Crippen molar-refractivity contribution in [3.63, 3.8) is 0 Å². The maximum Gasteiger partial charge on any atom is 0.272 e. The van der Waals surface area contributed by atoms with Crippen molar-refractivity contribution in [3.8, 4) is 0 Å². The van der Waals surface area contributed by atoms with E-state index in [4.69, 9.17) is 11.6 Å². The highest BCUT2D eigenvalue weighted by Crippen LogP contribution is 2.62. The van der Waals surface area contributed by atoms with E-state index >= 15 is 0 Å². The molecule has 2 aliphatic carbocycles. The standard InChI is InChI=1S/C24H22ClN5O2/c1-13-6-7-30-18(12-26-21(30)19(13)25)23(32)27-15-10-24(11-15)8-14(9-24)20-16-4-2-3-5-17(16)22(31)29-28-20/h2-7,12,14-15H,8-11H2,1H3,(H,27,32)(H,29,31)/t14-,15-,24?. The summed E-state index contributed by atoms with van der Waals surface area (Å²) in [5.41, 5.74) is 3.14. The fourth-order valence-corrected chi connectivity index (χ4v) is 5.79. The molecule has 0 atom stereocenters.